The van der Waals surface area contributed by atoms with E-state index < -0.39 is 0 Å². The number of nitrogens with zero attached hydrogens (tertiary/aromatic N) is 3. The number of hydrogen-bond donors (Lipinski definition) is 1. The van der Waals surface area contributed by atoms with Crippen molar-refractivity contribution in [2.75, 3.05) is 25.1 Å². The van der Waals surface area contributed by atoms with Gasteiger partial charge in [-0.15, -0.1) is 0 Å². The molecule has 2 atom stereocenters. The second-order valence-electron chi connectivity index (χ2n) is 4.46. The van der Waals surface area contributed by atoms with E-state index in [0.29, 0.717) is 5.89 Å². The van der Waals surface area contributed by atoms with Gasteiger partial charge in [-0.25, -0.2) is 0 Å². The van der Waals surface area contributed by atoms with E-state index in [1.54, 1.807) is 0 Å². The van der Waals surface area contributed by atoms with Gasteiger partial charge in [0, 0.05) is 18.1 Å². The molecule has 1 saturated heterocycles. The van der Waals surface area contributed by atoms with Gasteiger partial charge < -0.3 is 10.3 Å². The van der Waals surface area contributed by atoms with Crippen molar-refractivity contribution in [1.82, 2.24) is 15.0 Å². The van der Waals surface area contributed by atoms with Gasteiger partial charge in [-0.05, 0) is 13.5 Å². The van der Waals surface area contributed by atoms with E-state index in [2.05, 4.69) is 29.0 Å². The van der Waals surface area contributed by atoms with E-state index in [1.165, 1.54) is 5.75 Å². The van der Waals surface area contributed by atoms with E-state index in [1.807, 2.05) is 11.8 Å². The number of rotatable bonds is 4. The first-order chi connectivity index (χ1) is 8.22. The maximum Gasteiger partial charge on any atom is 0.243 e. The standard InChI is InChI=1S/C11H20N4OS/c1-3-4-8(12)11-13-10(14-16-11)9-7-17-6-5-15(9)2/h8-9H,3-7,12H2,1-2H3/t8-,9?/m0/s1. The van der Waals surface area contributed by atoms with Crippen LogP contribution in [0.1, 0.15) is 43.6 Å². The lowest BCUT2D eigenvalue weighted by atomic mass is 10.2. The minimum Gasteiger partial charge on any atom is -0.338 e. The van der Waals surface area contributed by atoms with Crippen molar-refractivity contribution in [1.29, 1.82) is 0 Å². The Kier molecular flexibility index (Phi) is 4.42. The predicted molar refractivity (Wildman–Crippen MR) is 68.8 cm³/mol. The van der Waals surface area contributed by atoms with Crippen molar-refractivity contribution in [3.8, 4) is 0 Å². The van der Waals surface area contributed by atoms with Crippen LogP contribution in [0.5, 0.6) is 0 Å². The van der Waals surface area contributed by atoms with Gasteiger partial charge in [0.15, 0.2) is 5.82 Å². The third-order valence-corrected chi connectivity index (χ3v) is 4.09. The molecule has 1 aromatic rings. The fourth-order valence-corrected chi connectivity index (χ4v) is 3.14. The lowest BCUT2D eigenvalue weighted by Crippen LogP contribution is -2.33. The minimum atomic E-state index is -0.122. The van der Waals surface area contributed by atoms with Crippen LogP contribution in [0, 0.1) is 0 Å². The van der Waals surface area contributed by atoms with Crippen LogP contribution < -0.4 is 5.73 Å². The summed E-state index contributed by atoms with van der Waals surface area (Å²) in [5.41, 5.74) is 5.97. The van der Waals surface area contributed by atoms with Crippen LogP contribution in [0.3, 0.4) is 0 Å². The van der Waals surface area contributed by atoms with Crippen LogP contribution in [-0.2, 0) is 0 Å². The molecule has 1 aromatic heterocycles. The molecular formula is C11H20N4OS. The Labute approximate surface area is 106 Å². The lowest BCUT2D eigenvalue weighted by Gasteiger charge is -2.29. The molecule has 0 amide bonds. The zero-order valence-corrected chi connectivity index (χ0v) is 11.2. The quantitative estimate of drug-likeness (QED) is 0.882. The fourth-order valence-electron chi connectivity index (χ4n) is 1.93. The third-order valence-electron chi connectivity index (χ3n) is 3.07. The van der Waals surface area contributed by atoms with Crippen molar-refractivity contribution in [3.63, 3.8) is 0 Å². The molecule has 1 aliphatic heterocycles. The van der Waals surface area contributed by atoms with Crippen LogP contribution in [0.15, 0.2) is 4.52 Å². The normalized spacial score (nSPS) is 23.8. The first-order valence-electron chi connectivity index (χ1n) is 6.09. The molecule has 96 valence electrons. The Balaban J connectivity index is 2.06. The summed E-state index contributed by atoms with van der Waals surface area (Å²) >= 11 is 1.93. The number of nitrogens with two attached hydrogens (primary N) is 1. The van der Waals surface area contributed by atoms with Crippen LogP contribution >= 0.6 is 11.8 Å². The molecule has 5 nitrogen and oxygen atoms in total. The second-order valence-corrected chi connectivity index (χ2v) is 5.61. The molecule has 17 heavy (non-hydrogen) atoms. The maximum absolute atomic E-state index is 5.97. The number of thioether (sulfide) groups is 1. The first-order valence-corrected chi connectivity index (χ1v) is 7.25. The summed E-state index contributed by atoms with van der Waals surface area (Å²) in [7, 11) is 2.10. The zero-order valence-electron chi connectivity index (χ0n) is 10.4. The maximum atomic E-state index is 5.97. The summed E-state index contributed by atoms with van der Waals surface area (Å²) < 4.78 is 5.26. The molecule has 1 fully saturated rings. The van der Waals surface area contributed by atoms with Gasteiger partial charge in [0.2, 0.25) is 5.89 Å². The monoisotopic (exact) mass is 256 g/mol. The van der Waals surface area contributed by atoms with Gasteiger partial charge >= 0.3 is 0 Å². The van der Waals surface area contributed by atoms with Gasteiger partial charge in [-0.1, -0.05) is 18.5 Å². The highest BCUT2D eigenvalue weighted by molar-refractivity contribution is 7.99. The van der Waals surface area contributed by atoms with Crippen molar-refractivity contribution >= 4 is 11.8 Å². The van der Waals surface area contributed by atoms with E-state index in [4.69, 9.17) is 10.3 Å². The summed E-state index contributed by atoms with van der Waals surface area (Å²) in [4.78, 5) is 6.72. The summed E-state index contributed by atoms with van der Waals surface area (Å²) in [5.74, 6) is 3.55. The largest absolute Gasteiger partial charge is 0.338 e. The first kappa shape index (κ1) is 12.9. The van der Waals surface area contributed by atoms with E-state index in [0.717, 1.165) is 31.0 Å². The lowest BCUT2D eigenvalue weighted by molar-refractivity contribution is 0.256. The van der Waals surface area contributed by atoms with Crippen LogP contribution in [0.2, 0.25) is 0 Å². The van der Waals surface area contributed by atoms with Crippen molar-refractivity contribution < 1.29 is 4.52 Å². The molecule has 0 aliphatic carbocycles. The highest BCUT2D eigenvalue weighted by Crippen LogP contribution is 2.27. The van der Waals surface area contributed by atoms with E-state index in [-0.39, 0.29) is 12.1 Å². The van der Waals surface area contributed by atoms with Crippen LogP contribution in [0.4, 0.5) is 0 Å². The van der Waals surface area contributed by atoms with Gasteiger partial charge in [-0.2, -0.15) is 16.7 Å². The zero-order chi connectivity index (χ0) is 12.3. The predicted octanol–water partition coefficient (Wildman–Crippen LogP) is 1.59. The Morgan fingerprint density at radius 1 is 1.65 bits per heavy atom. The smallest absolute Gasteiger partial charge is 0.243 e. The molecule has 2 N–H and O–H groups in total. The molecule has 0 bridgehead atoms. The van der Waals surface area contributed by atoms with Gasteiger partial charge in [0.25, 0.3) is 0 Å². The van der Waals surface area contributed by atoms with Crippen LogP contribution in [-0.4, -0.2) is 40.1 Å². The van der Waals surface area contributed by atoms with Crippen LogP contribution in [0.25, 0.3) is 0 Å². The summed E-state index contributed by atoms with van der Waals surface area (Å²) in [5, 5.41) is 4.07. The molecule has 0 spiro atoms. The molecule has 1 unspecified atom stereocenters. The number of hydrogen-bond acceptors (Lipinski definition) is 6. The Hall–Kier alpha value is -0.590. The van der Waals surface area contributed by atoms with Crippen molar-refractivity contribution in [2.45, 2.75) is 31.8 Å². The molecule has 2 rings (SSSR count). The van der Waals surface area contributed by atoms with Gasteiger partial charge in [0.05, 0.1) is 12.1 Å². The Bertz CT molecular complexity index is 357. The Morgan fingerprint density at radius 3 is 3.18 bits per heavy atom. The fraction of sp³-hybridized carbons (Fsp3) is 0.818. The van der Waals surface area contributed by atoms with Gasteiger partial charge in [-0.3, -0.25) is 4.90 Å². The molecule has 1 aliphatic rings. The third kappa shape index (κ3) is 3.00. The average molecular weight is 256 g/mol. The van der Waals surface area contributed by atoms with Crippen molar-refractivity contribution in [2.24, 2.45) is 5.73 Å². The molecule has 0 saturated carbocycles. The minimum absolute atomic E-state index is 0.122. The summed E-state index contributed by atoms with van der Waals surface area (Å²) in [6.07, 6.45) is 1.91. The topological polar surface area (TPSA) is 68.2 Å². The van der Waals surface area contributed by atoms with E-state index in [9.17, 15) is 0 Å². The highest BCUT2D eigenvalue weighted by Gasteiger charge is 2.26. The SMILES string of the molecule is CCC[C@H](N)c1nc(C2CSCCN2C)no1. The van der Waals surface area contributed by atoms with E-state index >= 15 is 0 Å². The molecule has 0 aromatic carbocycles. The number of aromatic nitrogens is 2. The summed E-state index contributed by atoms with van der Waals surface area (Å²) in [6, 6.07) is 0.142. The molecular weight excluding hydrogens is 236 g/mol. The molecule has 0 radical (unpaired) electrons. The molecule has 6 heteroatoms. The van der Waals surface area contributed by atoms with Crippen molar-refractivity contribution in [3.05, 3.63) is 11.7 Å². The second kappa shape index (κ2) is 5.84. The highest BCUT2D eigenvalue weighted by atomic mass is 32.2. The average Bonchev–Trinajstić information content (AvgIpc) is 2.79. The van der Waals surface area contributed by atoms with Gasteiger partial charge in [0.1, 0.15) is 0 Å². The molecule has 2 heterocycles. The summed E-state index contributed by atoms with van der Waals surface area (Å²) in [6.45, 7) is 3.17. The Morgan fingerprint density at radius 2 is 2.47 bits per heavy atom.